The number of halogens is 1. The fourth-order valence-electron chi connectivity index (χ4n) is 4.29. The lowest BCUT2D eigenvalue weighted by Crippen LogP contribution is -2.50. The number of nitrogens with zero attached hydrogens (tertiary/aromatic N) is 5. The monoisotopic (exact) mass is 518 g/mol. The highest BCUT2D eigenvalue weighted by Crippen LogP contribution is 2.26. The van der Waals surface area contributed by atoms with Gasteiger partial charge in [0.15, 0.2) is 0 Å². The molecule has 0 bridgehead atoms. The van der Waals surface area contributed by atoms with Gasteiger partial charge in [-0.3, -0.25) is 9.52 Å². The number of rotatable bonds is 6. The first-order valence-corrected chi connectivity index (χ1v) is 13.4. The van der Waals surface area contributed by atoms with Crippen molar-refractivity contribution in [3.63, 3.8) is 0 Å². The molecule has 1 saturated heterocycles. The second-order valence-electron chi connectivity index (χ2n) is 8.23. The molecule has 1 aliphatic heterocycles. The van der Waals surface area contributed by atoms with Gasteiger partial charge < -0.3 is 14.4 Å². The quantitative estimate of drug-likeness (QED) is 0.416. The molecular weight excluding hydrogens is 491 g/mol. The molecule has 35 heavy (non-hydrogen) atoms. The van der Waals surface area contributed by atoms with Crippen molar-refractivity contribution in [3.05, 3.63) is 66.1 Å². The smallest absolute Gasteiger partial charge is 0.263 e. The van der Waals surface area contributed by atoms with Crippen molar-refractivity contribution >= 4 is 49.0 Å². The Balaban J connectivity index is 0.00000190. The summed E-state index contributed by atoms with van der Waals surface area (Å²) in [4.78, 5) is 17.2. The number of piperazine rings is 1. The molecule has 12 heteroatoms. The topological polar surface area (TPSA) is 100 Å². The Hall–Kier alpha value is -3.51. The van der Waals surface area contributed by atoms with Gasteiger partial charge in [0.1, 0.15) is 17.4 Å². The van der Waals surface area contributed by atoms with Crippen LogP contribution in [0.2, 0.25) is 0 Å². The number of sulfonamides is 1. The molecule has 3 heterocycles. The molecule has 1 fully saturated rings. The van der Waals surface area contributed by atoms with E-state index < -0.39 is 16.1 Å². The minimum Gasteiger partial charge on any atom is -0.368 e. The molecule has 0 spiro atoms. The van der Waals surface area contributed by atoms with Gasteiger partial charge in [0, 0.05) is 46.3 Å². The third kappa shape index (κ3) is 4.58. The van der Waals surface area contributed by atoms with Crippen molar-refractivity contribution in [2.24, 2.45) is 0 Å². The largest absolute Gasteiger partial charge is 0.368 e. The molecule has 2 aromatic carbocycles. The third-order valence-corrected chi connectivity index (χ3v) is 8.24. The second-order valence-corrected chi connectivity index (χ2v) is 10.7. The lowest BCUT2D eigenvalue weighted by Gasteiger charge is -2.37. The summed E-state index contributed by atoms with van der Waals surface area (Å²) in [6, 6.07) is 12.8. The first-order chi connectivity index (χ1) is 16.8. The lowest BCUT2D eigenvalue weighted by molar-refractivity contribution is -0.134. The van der Waals surface area contributed by atoms with E-state index in [0.717, 1.165) is 22.4 Å². The molecule has 0 saturated carbocycles. The summed E-state index contributed by atoms with van der Waals surface area (Å²) in [6.45, 7) is 4.03. The van der Waals surface area contributed by atoms with Crippen LogP contribution in [0.5, 0.6) is 0 Å². The molecule has 0 radical (unpaired) electrons. The average Bonchev–Trinajstić information content (AvgIpc) is 3.54. The normalized spacial score (nSPS) is 15.4. The Kier molecular flexibility index (Phi) is 6.15. The van der Waals surface area contributed by atoms with E-state index >= 15 is 0 Å². The highest BCUT2D eigenvalue weighted by atomic mass is 32.2. The van der Waals surface area contributed by atoms with Crippen LogP contribution in [0, 0.1) is 5.82 Å². The molecular formula is C23H27FN6O3S2. The summed E-state index contributed by atoms with van der Waals surface area (Å²) in [7, 11) is -3.74. The van der Waals surface area contributed by atoms with Crippen molar-refractivity contribution < 1.29 is 20.5 Å². The number of benzene rings is 2. The molecule has 0 unspecified atom stereocenters. The van der Waals surface area contributed by atoms with Crippen molar-refractivity contribution in [2.75, 3.05) is 35.8 Å². The fraction of sp³-hybridized carbons (Fsp3) is 0.261. The first-order valence-electron chi connectivity index (χ1n) is 11.0. The predicted octanol–water partition coefficient (Wildman–Crippen LogP) is 3.83. The zero-order chi connectivity index (χ0) is 24.6. The number of anilines is 2. The average molecular weight is 519 g/mol. The molecule has 1 N–H and O–H groups in total. The number of carbonyl (C=O) groups excluding carboxylic acids is 1. The van der Waals surface area contributed by atoms with Gasteiger partial charge in [0.25, 0.3) is 10.0 Å². The minimum absolute atomic E-state index is 0. The molecule has 1 atom stereocenters. The van der Waals surface area contributed by atoms with Crippen LogP contribution >= 0.6 is 11.3 Å². The minimum atomic E-state index is -3.74. The van der Waals surface area contributed by atoms with Crippen LogP contribution in [-0.4, -0.2) is 60.2 Å². The van der Waals surface area contributed by atoms with E-state index in [1.54, 1.807) is 52.9 Å². The van der Waals surface area contributed by atoms with Crippen LogP contribution in [0.1, 0.15) is 15.8 Å². The number of nitrogens with one attached hydrogen (secondary N) is 1. The standard InChI is InChI=1S/C23H23FN6O3S2.2H2/c1-16(30-10-9-17-3-2-4-20(24)21(17)30)22(31)29-13-11-28(12-14-29)18-5-7-19(8-6-18)35(32,33)27-23-26-25-15-34-23;;/h2-10,15-16H,11-14H2,1H3,(H,26,27);2*1H/t16-;;/m0../s1. The third-order valence-electron chi connectivity index (χ3n) is 6.15. The molecule has 2 aromatic heterocycles. The summed E-state index contributed by atoms with van der Waals surface area (Å²) in [5.74, 6) is -0.407. The molecule has 1 amide bonds. The van der Waals surface area contributed by atoms with Crippen LogP contribution in [-0.2, 0) is 14.8 Å². The Labute approximate surface area is 208 Å². The Morgan fingerprint density at radius 3 is 2.54 bits per heavy atom. The van der Waals surface area contributed by atoms with E-state index in [2.05, 4.69) is 19.8 Å². The Morgan fingerprint density at radius 1 is 1.11 bits per heavy atom. The maximum Gasteiger partial charge on any atom is 0.263 e. The molecule has 4 aromatic rings. The molecule has 1 aliphatic rings. The van der Waals surface area contributed by atoms with Crippen LogP contribution in [0.3, 0.4) is 0 Å². The number of fused-ring (bicyclic) bond motifs is 1. The van der Waals surface area contributed by atoms with Crippen molar-refractivity contribution in [2.45, 2.75) is 17.9 Å². The highest BCUT2D eigenvalue weighted by molar-refractivity contribution is 7.93. The highest BCUT2D eigenvalue weighted by Gasteiger charge is 2.27. The van der Waals surface area contributed by atoms with E-state index in [0.29, 0.717) is 31.7 Å². The summed E-state index contributed by atoms with van der Waals surface area (Å²) in [5, 5.41) is 8.30. The number of para-hydroxylation sites is 1. The van der Waals surface area contributed by atoms with Crippen molar-refractivity contribution in [3.8, 4) is 0 Å². The molecule has 0 aliphatic carbocycles. The van der Waals surface area contributed by atoms with Crippen LogP contribution in [0.15, 0.2) is 65.1 Å². The van der Waals surface area contributed by atoms with Gasteiger partial charge in [0.05, 0.1) is 10.4 Å². The maximum atomic E-state index is 14.4. The maximum absolute atomic E-state index is 14.4. The Morgan fingerprint density at radius 2 is 1.86 bits per heavy atom. The predicted molar refractivity (Wildman–Crippen MR) is 137 cm³/mol. The molecule has 186 valence electrons. The zero-order valence-electron chi connectivity index (χ0n) is 18.8. The van der Waals surface area contributed by atoms with Gasteiger partial charge >= 0.3 is 0 Å². The number of aromatic nitrogens is 3. The van der Waals surface area contributed by atoms with Crippen molar-refractivity contribution in [1.82, 2.24) is 19.7 Å². The van der Waals surface area contributed by atoms with Crippen LogP contribution in [0.4, 0.5) is 15.2 Å². The van der Waals surface area contributed by atoms with Crippen molar-refractivity contribution in [1.29, 1.82) is 0 Å². The van der Waals surface area contributed by atoms with Gasteiger partial charge in [-0.15, -0.1) is 10.2 Å². The van der Waals surface area contributed by atoms with Crippen LogP contribution < -0.4 is 9.62 Å². The van der Waals surface area contributed by atoms with E-state index in [-0.39, 0.29) is 24.6 Å². The van der Waals surface area contributed by atoms with E-state index in [1.807, 2.05) is 12.1 Å². The second kappa shape index (κ2) is 9.27. The van der Waals surface area contributed by atoms with E-state index in [4.69, 9.17) is 0 Å². The number of carbonyl (C=O) groups is 1. The number of amides is 1. The van der Waals surface area contributed by atoms with Gasteiger partial charge in [0.2, 0.25) is 11.0 Å². The number of hydrogen-bond donors (Lipinski definition) is 1. The fourth-order valence-corrected chi connectivity index (χ4v) is 5.99. The SMILES string of the molecule is C[C@@H](C(=O)N1CCN(c2ccc(S(=O)(=O)Nc3nncs3)cc2)CC1)n1ccc2cccc(F)c21.[HH].[HH]. The van der Waals surface area contributed by atoms with E-state index in [9.17, 15) is 17.6 Å². The zero-order valence-corrected chi connectivity index (χ0v) is 20.5. The van der Waals surface area contributed by atoms with Gasteiger partial charge in [-0.2, -0.15) is 0 Å². The van der Waals surface area contributed by atoms with Crippen LogP contribution in [0.25, 0.3) is 10.9 Å². The van der Waals surface area contributed by atoms with E-state index in [1.165, 1.54) is 11.6 Å². The lowest BCUT2D eigenvalue weighted by atomic mass is 10.2. The summed E-state index contributed by atoms with van der Waals surface area (Å²) in [6.07, 6.45) is 1.75. The first kappa shape index (κ1) is 23.2. The van der Waals surface area contributed by atoms with Gasteiger partial charge in [-0.1, -0.05) is 23.5 Å². The van der Waals surface area contributed by atoms with Gasteiger partial charge in [-0.25, -0.2) is 12.8 Å². The molecule has 5 rings (SSSR count). The molecule has 9 nitrogen and oxygen atoms in total. The number of hydrogen-bond acceptors (Lipinski definition) is 7. The Bertz CT molecular complexity index is 1460. The van der Waals surface area contributed by atoms with Gasteiger partial charge in [-0.05, 0) is 43.3 Å². The summed E-state index contributed by atoms with van der Waals surface area (Å²) < 4.78 is 43.5. The summed E-state index contributed by atoms with van der Waals surface area (Å²) in [5.41, 5.74) is 2.76. The summed E-state index contributed by atoms with van der Waals surface area (Å²) >= 11 is 1.10.